The van der Waals surface area contributed by atoms with E-state index in [9.17, 15) is 9.90 Å². The van der Waals surface area contributed by atoms with E-state index in [1.165, 1.54) is 10.9 Å². The van der Waals surface area contributed by atoms with E-state index in [4.69, 9.17) is 14.2 Å². The van der Waals surface area contributed by atoms with E-state index in [1.54, 1.807) is 24.3 Å². The Balaban J connectivity index is 1.45. The van der Waals surface area contributed by atoms with Gasteiger partial charge in [-0.1, -0.05) is 11.6 Å². The lowest BCUT2D eigenvalue weighted by atomic mass is 10.2. The monoisotopic (exact) mass is 354 g/mol. The molecule has 1 atom stereocenters. The summed E-state index contributed by atoms with van der Waals surface area (Å²) in [5.74, 6) is 1.84. The Morgan fingerprint density at radius 1 is 1.23 bits per heavy atom. The molecule has 0 amide bonds. The summed E-state index contributed by atoms with van der Waals surface area (Å²) in [6.07, 6.45) is 0.589. The maximum Gasteiger partial charge on any atom is 0.261 e. The molecule has 0 fully saturated rings. The normalized spacial score (nSPS) is 13.8. The highest BCUT2D eigenvalue weighted by atomic mass is 16.7. The van der Waals surface area contributed by atoms with E-state index in [-0.39, 0.29) is 25.5 Å². The van der Waals surface area contributed by atoms with Crippen LogP contribution in [0.2, 0.25) is 0 Å². The summed E-state index contributed by atoms with van der Waals surface area (Å²) >= 11 is 0. The molecule has 0 saturated heterocycles. The number of aromatic nitrogens is 2. The van der Waals surface area contributed by atoms with Gasteiger partial charge in [-0.05, 0) is 31.2 Å². The molecule has 1 aromatic heterocycles. The van der Waals surface area contributed by atoms with Crippen LogP contribution in [0.3, 0.4) is 0 Å². The van der Waals surface area contributed by atoms with Gasteiger partial charge in [0.25, 0.3) is 5.56 Å². The zero-order valence-corrected chi connectivity index (χ0v) is 14.2. The van der Waals surface area contributed by atoms with Crippen LogP contribution < -0.4 is 19.8 Å². The number of ether oxygens (including phenoxy) is 3. The smallest absolute Gasteiger partial charge is 0.261 e. The molecule has 7 heteroatoms. The fraction of sp³-hybridized carbons (Fsp3) is 0.263. The van der Waals surface area contributed by atoms with Crippen molar-refractivity contribution in [2.45, 2.75) is 19.6 Å². The van der Waals surface area contributed by atoms with Crippen molar-refractivity contribution < 1.29 is 19.3 Å². The first-order chi connectivity index (χ1) is 12.6. The molecule has 134 valence electrons. The highest BCUT2D eigenvalue weighted by Crippen LogP contribution is 2.35. The molecule has 0 unspecified atom stereocenters. The van der Waals surface area contributed by atoms with Gasteiger partial charge in [0.2, 0.25) is 6.79 Å². The number of aliphatic hydroxyl groups excluding tert-OH is 1. The molecule has 0 saturated carbocycles. The third-order valence-corrected chi connectivity index (χ3v) is 4.17. The van der Waals surface area contributed by atoms with Crippen LogP contribution in [-0.2, 0) is 6.54 Å². The van der Waals surface area contributed by atoms with Crippen LogP contribution in [0.4, 0.5) is 0 Å². The average molecular weight is 354 g/mol. The first kappa shape index (κ1) is 16.4. The van der Waals surface area contributed by atoms with Crippen molar-refractivity contribution in [1.29, 1.82) is 0 Å². The zero-order valence-electron chi connectivity index (χ0n) is 14.2. The van der Waals surface area contributed by atoms with E-state index in [1.807, 2.05) is 19.1 Å². The molecule has 26 heavy (non-hydrogen) atoms. The number of fused-ring (bicyclic) bond motifs is 2. The van der Waals surface area contributed by atoms with Crippen LogP contribution in [0.15, 0.2) is 47.5 Å². The molecule has 0 bridgehead atoms. The van der Waals surface area contributed by atoms with Gasteiger partial charge in [-0.25, -0.2) is 4.98 Å². The number of hydrogen-bond acceptors (Lipinski definition) is 6. The van der Waals surface area contributed by atoms with Crippen molar-refractivity contribution in [3.05, 3.63) is 58.6 Å². The largest absolute Gasteiger partial charge is 0.491 e. The molecule has 1 N–H and O–H groups in total. The topological polar surface area (TPSA) is 82.8 Å². The summed E-state index contributed by atoms with van der Waals surface area (Å²) in [4.78, 5) is 16.8. The van der Waals surface area contributed by atoms with E-state index >= 15 is 0 Å². The molecule has 2 aromatic carbocycles. The summed E-state index contributed by atoms with van der Waals surface area (Å²) < 4.78 is 17.5. The number of aliphatic hydroxyl groups is 1. The van der Waals surface area contributed by atoms with Gasteiger partial charge in [0.05, 0.1) is 23.8 Å². The van der Waals surface area contributed by atoms with Gasteiger partial charge in [-0.2, -0.15) is 0 Å². The standard InChI is InChI=1S/C19H18N2O5/c1-12-2-4-16-15(6-12)19(23)21(10-20-16)8-13(22)9-24-14-3-5-17-18(7-14)26-11-25-17/h2-7,10,13,22H,8-9,11H2,1H3/t13-/m1/s1. The number of aryl methyl sites for hydroxylation is 1. The molecule has 0 aliphatic carbocycles. The number of benzene rings is 2. The van der Waals surface area contributed by atoms with Gasteiger partial charge in [0.15, 0.2) is 11.5 Å². The number of rotatable bonds is 5. The van der Waals surface area contributed by atoms with Crippen LogP contribution >= 0.6 is 0 Å². The lowest BCUT2D eigenvalue weighted by Gasteiger charge is -2.14. The molecule has 4 rings (SSSR count). The van der Waals surface area contributed by atoms with E-state index in [0.717, 1.165) is 5.56 Å². The molecule has 2 heterocycles. The second-order valence-electron chi connectivity index (χ2n) is 6.20. The SMILES string of the molecule is Cc1ccc2ncn(C[C@@H](O)COc3ccc4c(c3)OCO4)c(=O)c2c1. The van der Waals surface area contributed by atoms with Crippen LogP contribution in [0.25, 0.3) is 10.9 Å². The lowest BCUT2D eigenvalue weighted by molar-refractivity contribution is 0.0913. The van der Waals surface area contributed by atoms with Crippen LogP contribution in [0.5, 0.6) is 17.2 Å². The van der Waals surface area contributed by atoms with Gasteiger partial charge in [0, 0.05) is 6.07 Å². The van der Waals surface area contributed by atoms with E-state index in [2.05, 4.69) is 4.98 Å². The van der Waals surface area contributed by atoms with Gasteiger partial charge < -0.3 is 19.3 Å². The third-order valence-electron chi connectivity index (χ3n) is 4.17. The van der Waals surface area contributed by atoms with Crippen molar-refractivity contribution in [3.63, 3.8) is 0 Å². The fourth-order valence-corrected chi connectivity index (χ4v) is 2.84. The summed E-state index contributed by atoms with van der Waals surface area (Å²) in [6, 6.07) is 10.7. The summed E-state index contributed by atoms with van der Waals surface area (Å²) in [6.45, 7) is 2.25. The first-order valence-electron chi connectivity index (χ1n) is 8.26. The molecule has 7 nitrogen and oxygen atoms in total. The Morgan fingerprint density at radius 3 is 2.96 bits per heavy atom. The lowest BCUT2D eigenvalue weighted by Crippen LogP contribution is -2.30. The van der Waals surface area contributed by atoms with Gasteiger partial charge in [-0.15, -0.1) is 0 Å². The van der Waals surface area contributed by atoms with Crippen LogP contribution in [-0.4, -0.2) is 34.2 Å². The van der Waals surface area contributed by atoms with Gasteiger partial charge >= 0.3 is 0 Å². The van der Waals surface area contributed by atoms with E-state index in [0.29, 0.717) is 28.2 Å². The Hall–Kier alpha value is -3.06. The minimum absolute atomic E-state index is 0.0396. The van der Waals surface area contributed by atoms with Crippen LogP contribution in [0, 0.1) is 6.92 Å². The summed E-state index contributed by atoms with van der Waals surface area (Å²) in [7, 11) is 0. The molecule has 0 radical (unpaired) electrons. The Kier molecular flexibility index (Phi) is 4.22. The molecule has 1 aliphatic heterocycles. The first-order valence-corrected chi connectivity index (χ1v) is 8.26. The minimum Gasteiger partial charge on any atom is -0.491 e. The quantitative estimate of drug-likeness (QED) is 0.753. The zero-order chi connectivity index (χ0) is 18.1. The van der Waals surface area contributed by atoms with Crippen molar-refractivity contribution in [1.82, 2.24) is 9.55 Å². The highest BCUT2D eigenvalue weighted by Gasteiger charge is 2.15. The average Bonchev–Trinajstić information content (AvgIpc) is 3.10. The molecule has 0 spiro atoms. The highest BCUT2D eigenvalue weighted by molar-refractivity contribution is 5.77. The predicted molar refractivity (Wildman–Crippen MR) is 94.8 cm³/mol. The van der Waals surface area contributed by atoms with Gasteiger partial charge in [0.1, 0.15) is 18.5 Å². The van der Waals surface area contributed by atoms with Crippen LogP contribution in [0.1, 0.15) is 5.56 Å². The second-order valence-corrected chi connectivity index (χ2v) is 6.20. The summed E-state index contributed by atoms with van der Waals surface area (Å²) in [5, 5.41) is 10.8. The second kappa shape index (κ2) is 6.68. The maximum atomic E-state index is 12.6. The van der Waals surface area contributed by atoms with Crippen molar-refractivity contribution >= 4 is 10.9 Å². The Labute approximate surface area is 149 Å². The summed E-state index contributed by atoms with van der Waals surface area (Å²) in [5.41, 5.74) is 1.45. The Bertz CT molecular complexity index is 1010. The number of hydrogen-bond donors (Lipinski definition) is 1. The van der Waals surface area contributed by atoms with Crippen molar-refractivity contribution in [3.8, 4) is 17.2 Å². The molecule has 3 aromatic rings. The molecular weight excluding hydrogens is 336 g/mol. The minimum atomic E-state index is -0.859. The Morgan fingerprint density at radius 2 is 2.08 bits per heavy atom. The number of nitrogens with zero attached hydrogens (tertiary/aromatic N) is 2. The third kappa shape index (κ3) is 3.21. The molecular formula is C19H18N2O5. The van der Waals surface area contributed by atoms with Gasteiger partial charge in [-0.3, -0.25) is 9.36 Å². The molecule has 1 aliphatic rings. The van der Waals surface area contributed by atoms with Crippen molar-refractivity contribution in [2.24, 2.45) is 0 Å². The maximum absolute atomic E-state index is 12.6. The van der Waals surface area contributed by atoms with Crippen molar-refractivity contribution in [2.75, 3.05) is 13.4 Å². The predicted octanol–water partition coefficient (Wildman–Crippen LogP) is 1.87. The van der Waals surface area contributed by atoms with E-state index < -0.39 is 6.10 Å². The fourth-order valence-electron chi connectivity index (χ4n) is 2.84.